The highest BCUT2D eigenvalue weighted by molar-refractivity contribution is 5.85. The van der Waals surface area contributed by atoms with E-state index in [4.69, 9.17) is 14.7 Å². The molecule has 0 bridgehead atoms. The first kappa shape index (κ1) is 13.7. The van der Waals surface area contributed by atoms with Crippen LogP contribution in [0.15, 0.2) is 24.4 Å². The Hall–Kier alpha value is -2.28. The molecule has 0 saturated heterocycles. The van der Waals surface area contributed by atoms with Gasteiger partial charge in [-0.1, -0.05) is 6.92 Å². The van der Waals surface area contributed by atoms with Crippen molar-refractivity contribution < 1.29 is 9.47 Å². The van der Waals surface area contributed by atoms with Gasteiger partial charge in [-0.05, 0) is 37.0 Å². The van der Waals surface area contributed by atoms with Crippen molar-refractivity contribution in [2.45, 2.75) is 26.2 Å². The number of fused-ring (bicyclic) bond motifs is 3. The molecule has 0 N–H and O–H groups in total. The van der Waals surface area contributed by atoms with Crippen LogP contribution in [0.25, 0.3) is 10.9 Å². The zero-order valence-electron chi connectivity index (χ0n) is 12.1. The summed E-state index contributed by atoms with van der Waals surface area (Å²) in [5.41, 5.74) is 2.19. The average molecular weight is 282 g/mol. The van der Waals surface area contributed by atoms with Crippen LogP contribution in [-0.4, -0.2) is 18.2 Å². The molecule has 1 aliphatic heterocycles. The maximum absolute atomic E-state index is 8.53. The molecular weight excluding hydrogens is 264 g/mol. The Labute approximate surface area is 124 Å². The van der Waals surface area contributed by atoms with E-state index in [1.807, 2.05) is 24.4 Å². The summed E-state index contributed by atoms with van der Waals surface area (Å²) in [5.74, 6) is 2.24. The molecule has 21 heavy (non-hydrogen) atoms. The van der Waals surface area contributed by atoms with Crippen LogP contribution >= 0.6 is 0 Å². The standard InChI is InChI=1S/C17H18N2O2/c1-12-8-15-14-9-13(20-7-3-2-6-18)4-5-16(14)19-10-17(15)21-11-12/h4-5,9-10,12H,2-3,7-8,11H2,1H3. The van der Waals surface area contributed by atoms with Crippen LogP contribution in [0.5, 0.6) is 11.5 Å². The van der Waals surface area contributed by atoms with E-state index in [1.165, 1.54) is 5.56 Å². The van der Waals surface area contributed by atoms with E-state index in [0.29, 0.717) is 18.9 Å². The fraction of sp³-hybridized carbons (Fsp3) is 0.412. The predicted molar refractivity (Wildman–Crippen MR) is 80.4 cm³/mol. The van der Waals surface area contributed by atoms with Gasteiger partial charge >= 0.3 is 0 Å². The molecule has 4 nitrogen and oxygen atoms in total. The molecule has 0 amide bonds. The zero-order valence-corrected chi connectivity index (χ0v) is 12.1. The lowest BCUT2D eigenvalue weighted by Crippen LogP contribution is -2.18. The van der Waals surface area contributed by atoms with Crippen molar-refractivity contribution in [1.82, 2.24) is 4.98 Å². The third-order valence-electron chi connectivity index (χ3n) is 3.69. The normalized spacial score (nSPS) is 16.9. The lowest BCUT2D eigenvalue weighted by molar-refractivity contribution is 0.234. The minimum absolute atomic E-state index is 0.517. The van der Waals surface area contributed by atoms with E-state index in [9.17, 15) is 0 Å². The molecule has 1 aromatic carbocycles. The summed E-state index contributed by atoms with van der Waals surface area (Å²) in [5, 5.41) is 9.64. The third-order valence-corrected chi connectivity index (χ3v) is 3.69. The second-order valence-corrected chi connectivity index (χ2v) is 5.51. The summed E-state index contributed by atoms with van der Waals surface area (Å²) >= 11 is 0. The molecule has 0 fully saturated rings. The summed E-state index contributed by atoms with van der Waals surface area (Å²) in [4.78, 5) is 4.45. The second kappa shape index (κ2) is 6.01. The number of aromatic nitrogens is 1. The van der Waals surface area contributed by atoms with Crippen molar-refractivity contribution in [1.29, 1.82) is 5.26 Å². The molecule has 0 saturated carbocycles. The third kappa shape index (κ3) is 2.92. The van der Waals surface area contributed by atoms with Gasteiger partial charge in [0, 0.05) is 17.4 Å². The van der Waals surface area contributed by atoms with Crippen molar-refractivity contribution in [3.63, 3.8) is 0 Å². The fourth-order valence-electron chi connectivity index (χ4n) is 2.61. The van der Waals surface area contributed by atoms with Gasteiger partial charge < -0.3 is 9.47 Å². The molecule has 1 atom stereocenters. The minimum atomic E-state index is 0.517. The van der Waals surface area contributed by atoms with Crippen LogP contribution in [0.2, 0.25) is 0 Å². The van der Waals surface area contributed by atoms with E-state index in [1.54, 1.807) is 0 Å². The zero-order chi connectivity index (χ0) is 14.7. The van der Waals surface area contributed by atoms with Crippen molar-refractivity contribution in [3.05, 3.63) is 30.0 Å². The molecule has 0 spiro atoms. The topological polar surface area (TPSA) is 55.1 Å². The van der Waals surface area contributed by atoms with Gasteiger partial charge in [-0.15, -0.1) is 0 Å². The van der Waals surface area contributed by atoms with Crippen LogP contribution in [0.4, 0.5) is 0 Å². The summed E-state index contributed by atoms with van der Waals surface area (Å²) in [6.45, 7) is 3.51. The Kier molecular flexibility index (Phi) is 3.92. The number of ether oxygens (including phenoxy) is 2. The first-order valence-electron chi connectivity index (χ1n) is 7.32. The number of nitrogens with zero attached hydrogens (tertiary/aromatic N) is 2. The van der Waals surface area contributed by atoms with Crippen molar-refractivity contribution >= 4 is 10.9 Å². The molecule has 2 aromatic rings. The predicted octanol–water partition coefficient (Wildman–Crippen LogP) is 3.49. The summed E-state index contributed by atoms with van der Waals surface area (Å²) in [7, 11) is 0. The SMILES string of the molecule is CC1COc2cnc3ccc(OCCCC#N)cc3c2C1. The van der Waals surface area contributed by atoms with Crippen LogP contribution in [0.3, 0.4) is 0 Å². The monoisotopic (exact) mass is 282 g/mol. The van der Waals surface area contributed by atoms with Gasteiger partial charge in [-0.25, -0.2) is 0 Å². The average Bonchev–Trinajstić information content (AvgIpc) is 2.51. The Balaban J connectivity index is 1.89. The van der Waals surface area contributed by atoms with Gasteiger partial charge in [0.15, 0.2) is 0 Å². The van der Waals surface area contributed by atoms with Crippen LogP contribution in [0.1, 0.15) is 25.3 Å². The van der Waals surface area contributed by atoms with E-state index < -0.39 is 0 Å². The van der Waals surface area contributed by atoms with E-state index >= 15 is 0 Å². The molecular formula is C17H18N2O2. The van der Waals surface area contributed by atoms with Gasteiger partial charge in [0.05, 0.1) is 31.0 Å². The molecule has 0 aliphatic carbocycles. The lowest BCUT2D eigenvalue weighted by atomic mass is 9.95. The number of hydrogen-bond donors (Lipinski definition) is 0. The Morgan fingerprint density at radius 1 is 1.48 bits per heavy atom. The van der Waals surface area contributed by atoms with E-state index in [2.05, 4.69) is 18.0 Å². The molecule has 1 aromatic heterocycles. The summed E-state index contributed by atoms with van der Waals surface area (Å²) in [6, 6.07) is 8.07. The Morgan fingerprint density at radius 2 is 2.38 bits per heavy atom. The van der Waals surface area contributed by atoms with E-state index in [0.717, 1.165) is 41.9 Å². The number of pyridine rings is 1. The van der Waals surface area contributed by atoms with Crippen LogP contribution in [-0.2, 0) is 6.42 Å². The van der Waals surface area contributed by atoms with Gasteiger partial charge in [0.25, 0.3) is 0 Å². The Morgan fingerprint density at radius 3 is 3.24 bits per heavy atom. The number of rotatable bonds is 4. The maximum atomic E-state index is 8.53. The second-order valence-electron chi connectivity index (χ2n) is 5.51. The highest BCUT2D eigenvalue weighted by Gasteiger charge is 2.19. The van der Waals surface area contributed by atoms with Crippen molar-refractivity contribution in [2.24, 2.45) is 5.92 Å². The molecule has 0 radical (unpaired) electrons. The molecule has 1 aliphatic rings. The van der Waals surface area contributed by atoms with Gasteiger partial charge in [0.2, 0.25) is 0 Å². The quantitative estimate of drug-likeness (QED) is 0.805. The van der Waals surface area contributed by atoms with Crippen molar-refractivity contribution in [3.8, 4) is 17.6 Å². The number of nitriles is 1. The van der Waals surface area contributed by atoms with Crippen LogP contribution < -0.4 is 9.47 Å². The first-order valence-corrected chi connectivity index (χ1v) is 7.32. The smallest absolute Gasteiger partial charge is 0.141 e. The lowest BCUT2D eigenvalue weighted by Gasteiger charge is -2.23. The van der Waals surface area contributed by atoms with E-state index in [-0.39, 0.29) is 0 Å². The highest BCUT2D eigenvalue weighted by atomic mass is 16.5. The van der Waals surface area contributed by atoms with Crippen molar-refractivity contribution in [2.75, 3.05) is 13.2 Å². The Bertz CT molecular complexity index is 691. The molecule has 108 valence electrons. The molecule has 1 unspecified atom stereocenters. The van der Waals surface area contributed by atoms with Gasteiger partial charge in [-0.3, -0.25) is 4.98 Å². The first-order chi connectivity index (χ1) is 10.3. The summed E-state index contributed by atoms with van der Waals surface area (Å²) in [6.07, 6.45) is 4.10. The van der Waals surface area contributed by atoms with Gasteiger partial charge in [0.1, 0.15) is 11.5 Å². The molecule has 3 rings (SSSR count). The number of hydrogen-bond acceptors (Lipinski definition) is 4. The largest absolute Gasteiger partial charge is 0.494 e. The van der Waals surface area contributed by atoms with Gasteiger partial charge in [-0.2, -0.15) is 5.26 Å². The molecule has 4 heteroatoms. The molecule has 2 heterocycles. The summed E-state index contributed by atoms with van der Waals surface area (Å²) < 4.78 is 11.5. The minimum Gasteiger partial charge on any atom is -0.494 e. The van der Waals surface area contributed by atoms with Crippen LogP contribution in [0, 0.1) is 17.2 Å². The maximum Gasteiger partial charge on any atom is 0.141 e. The number of unbranched alkanes of at least 4 members (excludes halogenated alkanes) is 1. The fourth-order valence-corrected chi connectivity index (χ4v) is 2.61. The number of benzene rings is 1. The highest BCUT2D eigenvalue weighted by Crippen LogP contribution is 2.34.